The largest absolute Gasteiger partial charge is 0.333 e. The summed E-state index contributed by atoms with van der Waals surface area (Å²) >= 11 is 1.68. The van der Waals surface area contributed by atoms with Gasteiger partial charge in [0.15, 0.2) is 9.84 Å². The molecule has 0 aliphatic carbocycles. The molecule has 2 atom stereocenters. The van der Waals surface area contributed by atoms with Gasteiger partial charge in [-0.25, -0.2) is 13.4 Å². The zero-order valence-corrected chi connectivity index (χ0v) is 13.5. The lowest BCUT2D eigenvalue weighted by molar-refractivity contribution is 0.190. The molecule has 1 saturated heterocycles. The van der Waals surface area contributed by atoms with Crippen molar-refractivity contribution in [2.75, 3.05) is 30.9 Å². The molecule has 0 spiro atoms. The molecule has 0 radical (unpaired) electrons. The van der Waals surface area contributed by atoms with Gasteiger partial charge in [-0.3, -0.25) is 4.90 Å². The van der Waals surface area contributed by atoms with Crippen molar-refractivity contribution in [3.63, 3.8) is 0 Å². The van der Waals surface area contributed by atoms with Crippen molar-refractivity contribution in [3.05, 3.63) is 18.2 Å². The van der Waals surface area contributed by atoms with E-state index in [1.54, 1.807) is 24.3 Å². The Morgan fingerprint density at radius 3 is 2.95 bits per heavy atom. The number of rotatable bonds is 5. The maximum Gasteiger partial charge on any atom is 0.164 e. The van der Waals surface area contributed by atoms with E-state index in [1.165, 1.54) is 6.26 Å². The Morgan fingerprint density at radius 2 is 2.35 bits per heavy atom. The first-order chi connectivity index (χ1) is 9.49. The molecule has 20 heavy (non-hydrogen) atoms. The molecule has 6 nitrogen and oxygen atoms in total. The molecule has 0 amide bonds. The van der Waals surface area contributed by atoms with Crippen LogP contribution >= 0.6 is 11.8 Å². The van der Waals surface area contributed by atoms with Gasteiger partial charge in [0.2, 0.25) is 0 Å². The monoisotopic (exact) mass is 318 g/mol. The van der Waals surface area contributed by atoms with Crippen molar-refractivity contribution in [1.82, 2.24) is 14.5 Å². The number of aromatic nitrogens is 2. The van der Waals surface area contributed by atoms with Crippen molar-refractivity contribution in [2.24, 2.45) is 5.73 Å². The molecule has 1 fully saturated rings. The van der Waals surface area contributed by atoms with E-state index in [9.17, 15) is 8.42 Å². The normalized spacial score (nSPS) is 22.9. The van der Waals surface area contributed by atoms with Crippen molar-refractivity contribution >= 4 is 21.6 Å². The molecule has 8 heteroatoms. The molecule has 0 aromatic carbocycles. The highest BCUT2D eigenvalue weighted by Crippen LogP contribution is 2.29. The average Bonchev–Trinajstić information content (AvgIpc) is 2.87. The summed E-state index contributed by atoms with van der Waals surface area (Å²) in [6.07, 6.45) is 4.87. The van der Waals surface area contributed by atoms with E-state index in [1.807, 2.05) is 16.4 Å². The molecule has 2 N–H and O–H groups in total. The van der Waals surface area contributed by atoms with Crippen molar-refractivity contribution < 1.29 is 8.42 Å². The van der Waals surface area contributed by atoms with Gasteiger partial charge in [0.05, 0.1) is 18.1 Å². The van der Waals surface area contributed by atoms with Crippen LogP contribution in [0, 0.1) is 0 Å². The highest BCUT2D eigenvalue weighted by Gasteiger charge is 2.36. The van der Waals surface area contributed by atoms with Crippen LogP contribution in [-0.2, 0) is 16.4 Å². The molecule has 2 heterocycles. The zero-order chi connectivity index (χ0) is 14.8. The molecule has 1 aliphatic rings. The first kappa shape index (κ1) is 15.8. The fourth-order valence-corrected chi connectivity index (χ4v) is 5.54. The van der Waals surface area contributed by atoms with Crippen LogP contribution < -0.4 is 5.73 Å². The lowest BCUT2D eigenvalue weighted by atomic mass is 10.1. The van der Waals surface area contributed by atoms with Crippen molar-refractivity contribution in [3.8, 4) is 0 Å². The smallest absolute Gasteiger partial charge is 0.164 e. The van der Waals surface area contributed by atoms with Gasteiger partial charge in [-0.05, 0) is 6.92 Å². The summed E-state index contributed by atoms with van der Waals surface area (Å²) in [5, 5.41) is -0.463. The second kappa shape index (κ2) is 6.46. The summed E-state index contributed by atoms with van der Waals surface area (Å²) in [5.41, 5.74) is 6.94. The minimum Gasteiger partial charge on any atom is -0.333 e. The molecule has 2 rings (SSSR count). The summed E-state index contributed by atoms with van der Waals surface area (Å²) < 4.78 is 26.1. The van der Waals surface area contributed by atoms with Crippen molar-refractivity contribution in [2.45, 2.75) is 24.9 Å². The van der Waals surface area contributed by atoms with Gasteiger partial charge < -0.3 is 10.3 Å². The topological polar surface area (TPSA) is 81.2 Å². The lowest BCUT2D eigenvalue weighted by Gasteiger charge is -2.39. The minimum atomic E-state index is -3.12. The van der Waals surface area contributed by atoms with Crippen molar-refractivity contribution in [1.29, 1.82) is 0 Å². The fourth-order valence-electron chi connectivity index (χ4n) is 2.62. The Bertz CT molecular complexity index is 543. The maximum atomic E-state index is 12.0. The third-order valence-electron chi connectivity index (χ3n) is 3.67. The molecule has 1 aliphatic heterocycles. The van der Waals surface area contributed by atoms with Crippen LogP contribution in [0.15, 0.2) is 12.5 Å². The first-order valence-corrected chi connectivity index (χ1v) is 9.82. The predicted molar refractivity (Wildman–Crippen MR) is 82.4 cm³/mol. The Labute approximate surface area is 124 Å². The highest BCUT2D eigenvalue weighted by atomic mass is 32.2. The zero-order valence-electron chi connectivity index (χ0n) is 11.9. The summed E-state index contributed by atoms with van der Waals surface area (Å²) in [4.78, 5) is 6.19. The summed E-state index contributed by atoms with van der Waals surface area (Å²) in [5.74, 6) is 1.54. The van der Waals surface area contributed by atoms with E-state index in [0.29, 0.717) is 12.3 Å². The van der Waals surface area contributed by atoms with Crippen LogP contribution in [0.5, 0.6) is 0 Å². The number of nitrogens with zero attached hydrogens (tertiary/aromatic N) is 3. The molecular weight excluding hydrogens is 296 g/mol. The molecule has 0 bridgehead atoms. The molecule has 1 aromatic heterocycles. The van der Waals surface area contributed by atoms with E-state index in [0.717, 1.165) is 24.5 Å². The highest BCUT2D eigenvalue weighted by molar-refractivity contribution is 8.00. The summed E-state index contributed by atoms with van der Waals surface area (Å²) in [6, 6.07) is -0.0990. The number of aryl methyl sites for hydroxylation is 1. The van der Waals surface area contributed by atoms with Crippen LogP contribution in [0.1, 0.15) is 18.7 Å². The quantitative estimate of drug-likeness (QED) is 0.842. The van der Waals surface area contributed by atoms with E-state index in [2.05, 4.69) is 4.98 Å². The third-order valence-corrected chi connectivity index (χ3v) is 6.33. The van der Waals surface area contributed by atoms with Crippen LogP contribution in [0.25, 0.3) is 0 Å². The molecule has 2 unspecified atom stereocenters. The molecule has 114 valence electrons. The first-order valence-electron chi connectivity index (χ1n) is 6.71. The number of thioether (sulfide) groups is 1. The Kier molecular flexibility index (Phi) is 5.11. The fraction of sp³-hybridized carbons (Fsp3) is 0.750. The van der Waals surface area contributed by atoms with Gasteiger partial charge in [-0.2, -0.15) is 11.8 Å². The van der Waals surface area contributed by atoms with Gasteiger partial charge >= 0.3 is 0 Å². The Balaban J connectivity index is 2.34. The number of hydrogen-bond acceptors (Lipinski definition) is 6. The SMILES string of the molecule is CCn1cncc1C(CN)N1CCSCC1S(C)(=O)=O. The van der Waals surface area contributed by atoms with E-state index < -0.39 is 15.2 Å². The van der Waals surface area contributed by atoms with E-state index in [-0.39, 0.29) is 6.04 Å². The predicted octanol–water partition coefficient (Wildman–Crippen LogP) is 0.322. The van der Waals surface area contributed by atoms with E-state index >= 15 is 0 Å². The minimum absolute atomic E-state index is 0.0990. The number of sulfone groups is 1. The van der Waals surface area contributed by atoms with E-state index in [4.69, 9.17) is 5.73 Å². The van der Waals surface area contributed by atoms with Crippen LogP contribution in [0.4, 0.5) is 0 Å². The second-order valence-electron chi connectivity index (χ2n) is 4.95. The van der Waals surface area contributed by atoms with Gasteiger partial charge in [-0.1, -0.05) is 0 Å². The van der Waals surface area contributed by atoms with Gasteiger partial charge in [-0.15, -0.1) is 0 Å². The second-order valence-corrected chi connectivity index (χ2v) is 8.31. The Morgan fingerprint density at radius 1 is 1.60 bits per heavy atom. The van der Waals surface area contributed by atoms with Gasteiger partial charge in [0.1, 0.15) is 5.37 Å². The Hall–Kier alpha value is -0.570. The van der Waals surface area contributed by atoms with Crippen LogP contribution in [0.3, 0.4) is 0 Å². The summed E-state index contributed by atoms with van der Waals surface area (Å²) in [6.45, 7) is 3.97. The molecule has 0 saturated carbocycles. The molecular formula is C12H22N4O2S2. The standard InChI is InChI=1S/C12H22N4O2S2/c1-3-15-9-14-7-11(15)10(6-13)16-4-5-19-8-12(16)20(2,17)18/h7,9-10,12H,3-6,8,13H2,1-2H3. The van der Waals surface area contributed by atoms with Crippen LogP contribution in [0.2, 0.25) is 0 Å². The van der Waals surface area contributed by atoms with Crippen LogP contribution in [-0.4, -0.2) is 59.1 Å². The average molecular weight is 318 g/mol. The number of hydrogen-bond donors (Lipinski definition) is 1. The van der Waals surface area contributed by atoms with Gasteiger partial charge in [0.25, 0.3) is 0 Å². The third kappa shape index (κ3) is 3.19. The summed E-state index contributed by atoms with van der Waals surface area (Å²) in [7, 11) is -3.12. The van der Waals surface area contributed by atoms with Gasteiger partial charge in [0, 0.05) is 43.6 Å². The molecule has 1 aromatic rings. The number of imidazole rings is 1. The maximum absolute atomic E-state index is 12.0. The number of nitrogens with two attached hydrogens (primary N) is 1. The lowest BCUT2D eigenvalue weighted by Crippen LogP contribution is -2.50.